The maximum atomic E-state index is 5.72. The van der Waals surface area contributed by atoms with Gasteiger partial charge in [0.15, 0.2) is 11.5 Å². The summed E-state index contributed by atoms with van der Waals surface area (Å²) in [6.45, 7) is 5.99. The molecule has 1 heterocycles. The van der Waals surface area contributed by atoms with Crippen LogP contribution in [0.2, 0.25) is 0 Å². The first-order valence-corrected chi connectivity index (χ1v) is 7.41. The molecule has 0 fully saturated rings. The second-order valence-electron chi connectivity index (χ2n) is 5.60. The van der Waals surface area contributed by atoms with Gasteiger partial charge in [-0.1, -0.05) is 13.8 Å². The van der Waals surface area contributed by atoms with Gasteiger partial charge in [-0.15, -0.1) is 0 Å². The molecular formula is C16H25N3O2. The molecule has 0 bridgehead atoms. The molecule has 0 saturated carbocycles. The van der Waals surface area contributed by atoms with E-state index in [1.54, 1.807) is 14.2 Å². The van der Waals surface area contributed by atoms with E-state index in [1.165, 1.54) is 0 Å². The molecule has 1 aromatic carbocycles. The molecule has 21 heavy (non-hydrogen) atoms. The van der Waals surface area contributed by atoms with Crippen molar-refractivity contribution in [2.24, 2.45) is 11.7 Å². The summed E-state index contributed by atoms with van der Waals surface area (Å²) in [5, 5.41) is 0. The van der Waals surface area contributed by atoms with Crippen LogP contribution in [0.5, 0.6) is 11.5 Å². The highest BCUT2D eigenvalue weighted by Gasteiger charge is 2.15. The number of methoxy groups -OCH3 is 2. The lowest BCUT2D eigenvalue weighted by atomic mass is 10.1. The van der Waals surface area contributed by atoms with Crippen LogP contribution in [-0.4, -0.2) is 30.3 Å². The van der Waals surface area contributed by atoms with Crippen LogP contribution in [0.1, 0.15) is 26.1 Å². The molecule has 0 unspecified atom stereocenters. The Kier molecular flexibility index (Phi) is 5.07. The first-order valence-electron chi connectivity index (χ1n) is 7.41. The van der Waals surface area contributed by atoms with Gasteiger partial charge >= 0.3 is 0 Å². The fourth-order valence-corrected chi connectivity index (χ4v) is 2.46. The second-order valence-corrected chi connectivity index (χ2v) is 5.60. The summed E-state index contributed by atoms with van der Waals surface area (Å²) < 4.78 is 13.0. The molecule has 5 heteroatoms. The summed E-state index contributed by atoms with van der Waals surface area (Å²) in [5.74, 6) is 3.12. The molecule has 2 N–H and O–H groups in total. The van der Waals surface area contributed by atoms with Crippen LogP contribution in [0, 0.1) is 5.92 Å². The lowest BCUT2D eigenvalue weighted by molar-refractivity contribution is 0.355. The Morgan fingerprint density at radius 2 is 1.86 bits per heavy atom. The Bertz CT molecular complexity index is 605. The Hall–Kier alpha value is -1.75. The van der Waals surface area contributed by atoms with E-state index in [1.807, 2.05) is 12.1 Å². The third kappa shape index (κ3) is 3.29. The maximum Gasteiger partial charge on any atom is 0.163 e. The van der Waals surface area contributed by atoms with Gasteiger partial charge in [-0.05, 0) is 18.9 Å². The van der Waals surface area contributed by atoms with E-state index < -0.39 is 0 Å². The zero-order chi connectivity index (χ0) is 15.4. The fourth-order valence-electron chi connectivity index (χ4n) is 2.46. The number of benzene rings is 1. The Morgan fingerprint density at radius 1 is 1.19 bits per heavy atom. The molecule has 2 aromatic rings. The van der Waals surface area contributed by atoms with Gasteiger partial charge in [-0.25, -0.2) is 4.98 Å². The molecule has 0 aliphatic rings. The van der Waals surface area contributed by atoms with Crippen molar-refractivity contribution in [2.45, 2.75) is 33.2 Å². The lowest BCUT2D eigenvalue weighted by Crippen LogP contribution is -2.11. The third-order valence-corrected chi connectivity index (χ3v) is 3.63. The number of aromatic nitrogens is 2. The van der Waals surface area contributed by atoms with Crippen LogP contribution in [-0.2, 0) is 13.0 Å². The topological polar surface area (TPSA) is 62.3 Å². The van der Waals surface area contributed by atoms with Gasteiger partial charge in [0.1, 0.15) is 5.82 Å². The first kappa shape index (κ1) is 15.6. The molecule has 0 atom stereocenters. The van der Waals surface area contributed by atoms with Crippen LogP contribution >= 0.6 is 0 Å². The van der Waals surface area contributed by atoms with E-state index in [-0.39, 0.29) is 0 Å². The Morgan fingerprint density at radius 3 is 2.43 bits per heavy atom. The molecular weight excluding hydrogens is 266 g/mol. The minimum absolute atomic E-state index is 0.596. The maximum absolute atomic E-state index is 5.72. The van der Waals surface area contributed by atoms with Gasteiger partial charge in [-0.2, -0.15) is 0 Å². The number of rotatable bonds is 7. The number of nitrogens with zero attached hydrogens (tertiary/aromatic N) is 2. The van der Waals surface area contributed by atoms with Gasteiger partial charge < -0.3 is 19.8 Å². The predicted molar refractivity (Wildman–Crippen MR) is 85.1 cm³/mol. The van der Waals surface area contributed by atoms with Crippen molar-refractivity contribution in [3.63, 3.8) is 0 Å². The van der Waals surface area contributed by atoms with E-state index in [0.29, 0.717) is 18.2 Å². The van der Waals surface area contributed by atoms with E-state index in [9.17, 15) is 0 Å². The monoisotopic (exact) mass is 291 g/mol. The van der Waals surface area contributed by atoms with E-state index in [0.717, 1.165) is 42.0 Å². The van der Waals surface area contributed by atoms with Crippen molar-refractivity contribution in [3.8, 4) is 11.5 Å². The number of hydrogen-bond acceptors (Lipinski definition) is 4. The zero-order valence-electron chi connectivity index (χ0n) is 13.3. The number of fused-ring (bicyclic) bond motifs is 1. The van der Waals surface area contributed by atoms with Gasteiger partial charge in [0.2, 0.25) is 0 Å². The van der Waals surface area contributed by atoms with Gasteiger partial charge in [-0.3, -0.25) is 0 Å². The molecule has 116 valence electrons. The minimum Gasteiger partial charge on any atom is -0.493 e. The van der Waals surface area contributed by atoms with E-state index >= 15 is 0 Å². The average molecular weight is 291 g/mol. The highest BCUT2D eigenvalue weighted by molar-refractivity contribution is 5.80. The van der Waals surface area contributed by atoms with Crippen molar-refractivity contribution in [1.29, 1.82) is 0 Å². The zero-order valence-corrected chi connectivity index (χ0v) is 13.3. The highest BCUT2D eigenvalue weighted by atomic mass is 16.5. The summed E-state index contributed by atoms with van der Waals surface area (Å²) >= 11 is 0. The average Bonchev–Trinajstić information content (AvgIpc) is 2.80. The van der Waals surface area contributed by atoms with Crippen LogP contribution in [0.4, 0.5) is 0 Å². The smallest absolute Gasteiger partial charge is 0.163 e. The fraction of sp³-hybridized carbons (Fsp3) is 0.562. The van der Waals surface area contributed by atoms with Crippen LogP contribution in [0.25, 0.3) is 11.0 Å². The number of nitrogens with two attached hydrogens (primary N) is 1. The Balaban J connectivity index is 2.52. The van der Waals surface area contributed by atoms with Gasteiger partial charge in [0.25, 0.3) is 0 Å². The predicted octanol–water partition coefficient (Wildman–Crippen LogP) is 2.60. The molecule has 0 radical (unpaired) electrons. The van der Waals surface area contributed by atoms with Crippen LogP contribution in [0.3, 0.4) is 0 Å². The van der Waals surface area contributed by atoms with Crippen molar-refractivity contribution < 1.29 is 9.47 Å². The SMILES string of the molecule is COc1cc2nc(CCN)n(CCC(C)C)c2cc1OC. The molecule has 0 saturated heterocycles. The van der Waals surface area contributed by atoms with Crippen LogP contribution < -0.4 is 15.2 Å². The highest BCUT2D eigenvalue weighted by Crippen LogP contribution is 2.32. The number of aryl methyl sites for hydroxylation is 1. The number of imidazole rings is 1. The molecule has 1 aromatic heterocycles. The Labute approximate surface area is 126 Å². The summed E-state index contributed by atoms with van der Waals surface area (Å²) in [4.78, 5) is 4.71. The molecule has 0 aliphatic carbocycles. The second kappa shape index (κ2) is 6.80. The number of ether oxygens (including phenoxy) is 2. The molecule has 0 aliphatic heterocycles. The standard InChI is InChI=1S/C16H25N3O2/c1-11(2)6-8-19-13-10-15(21-4)14(20-3)9-12(13)18-16(19)5-7-17/h9-11H,5-8,17H2,1-4H3. The summed E-state index contributed by atoms with van der Waals surface area (Å²) in [7, 11) is 3.29. The molecule has 0 amide bonds. The normalized spacial score (nSPS) is 11.3. The number of hydrogen-bond donors (Lipinski definition) is 1. The largest absolute Gasteiger partial charge is 0.493 e. The van der Waals surface area contributed by atoms with Gasteiger partial charge in [0, 0.05) is 25.1 Å². The van der Waals surface area contributed by atoms with E-state index in [2.05, 4.69) is 18.4 Å². The molecule has 5 nitrogen and oxygen atoms in total. The quantitative estimate of drug-likeness (QED) is 0.851. The minimum atomic E-state index is 0.596. The summed E-state index contributed by atoms with van der Waals surface area (Å²) in [5.41, 5.74) is 7.73. The van der Waals surface area contributed by atoms with Crippen molar-refractivity contribution in [3.05, 3.63) is 18.0 Å². The molecule has 2 rings (SSSR count). The third-order valence-electron chi connectivity index (χ3n) is 3.63. The van der Waals surface area contributed by atoms with Crippen molar-refractivity contribution in [2.75, 3.05) is 20.8 Å². The van der Waals surface area contributed by atoms with Crippen molar-refractivity contribution >= 4 is 11.0 Å². The van der Waals surface area contributed by atoms with Crippen LogP contribution in [0.15, 0.2) is 12.1 Å². The first-order chi connectivity index (χ1) is 10.1. The summed E-state index contributed by atoms with van der Waals surface area (Å²) in [6.07, 6.45) is 1.88. The molecule has 0 spiro atoms. The van der Waals surface area contributed by atoms with Crippen molar-refractivity contribution in [1.82, 2.24) is 9.55 Å². The van der Waals surface area contributed by atoms with Gasteiger partial charge in [0.05, 0.1) is 25.3 Å². The van der Waals surface area contributed by atoms with E-state index in [4.69, 9.17) is 20.2 Å². The lowest BCUT2D eigenvalue weighted by Gasteiger charge is -2.12. The summed E-state index contributed by atoms with van der Waals surface area (Å²) in [6, 6.07) is 3.93.